The molecule has 2 N–H and O–H groups in total. The van der Waals surface area contributed by atoms with E-state index < -0.39 is 6.10 Å². The van der Waals surface area contributed by atoms with E-state index in [2.05, 4.69) is 6.92 Å². The first-order valence-electron chi connectivity index (χ1n) is 8.76. The first kappa shape index (κ1) is 19.7. The number of hydrogen-bond donors (Lipinski definition) is 2. The number of rotatable bonds is 15. The van der Waals surface area contributed by atoms with E-state index in [0.717, 1.165) is 6.42 Å². The molecule has 0 radical (unpaired) electrons. The molecule has 0 fully saturated rings. The van der Waals surface area contributed by atoms with Crippen molar-refractivity contribution in [2.75, 3.05) is 6.61 Å². The molecular weight excluding hydrogens is 248 g/mol. The van der Waals surface area contributed by atoms with E-state index in [0.29, 0.717) is 0 Å². The molecule has 0 aliphatic carbocycles. The van der Waals surface area contributed by atoms with Gasteiger partial charge in [0.1, 0.15) is 0 Å². The van der Waals surface area contributed by atoms with Gasteiger partial charge >= 0.3 is 0 Å². The number of allylic oxidation sites excluding steroid dienone is 1. The molecule has 0 spiro atoms. The van der Waals surface area contributed by atoms with Crippen LogP contribution in [0.3, 0.4) is 0 Å². The van der Waals surface area contributed by atoms with Gasteiger partial charge in [-0.3, -0.25) is 0 Å². The number of hydrogen-bond acceptors (Lipinski definition) is 2. The predicted octanol–water partition coefficient (Wildman–Crippen LogP) is 4.99. The van der Waals surface area contributed by atoms with E-state index in [-0.39, 0.29) is 6.61 Å². The molecule has 0 saturated heterocycles. The maximum Gasteiger partial charge on any atom is 0.0951 e. The van der Waals surface area contributed by atoms with Crippen LogP contribution >= 0.6 is 0 Å². The number of unbranched alkanes of at least 4 members (excludes halogenated alkanes) is 12. The van der Waals surface area contributed by atoms with E-state index in [9.17, 15) is 0 Å². The second-order valence-electron chi connectivity index (χ2n) is 5.86. The van der Waals surface area contributed by atoms with Crippen LogP contribution in [0.1, 0.15) is 90.4 Å². The van der Waals surface area contributed by atoms with Crippen molar-refractivity contribution in [2.24, 2.45) is 0 Å². The molecule has 0 heterocycles. The third kappa shape index (κ3) is 15.7. The summed E-state index contributed by atoms with van der Waals surface area (Å²) in [5.41, 5.74) is 0. The van der Waals surface area contributed by atoms with Crippen LogP contribution in [0.4, 0.5) is 0 Å². The lowest BCUT2D eigenvalue weighted by molar-refractivity contribution is 0.131. The topological polar surface area (TPSA) is 40.5 Å². The van der Waals surface area contributed by atoms with Gasteiger partial charge in [0.15, 0.2) is 0 Å². The van der Waals surface area contributed by atoms with Crippen LogP contribution < -0.4 is 0 Å². The molecule has 20 heavy (non-hydrogen) atoms. The fraction of sp³-hybridized carbons (Fsp3) is 0.889. The minimum absolute atomic E-state index is 0.172. The van der Waals surface area contributed by atoms with E-state index in [1.165, 1.54) is 77.0 Å². The average molecular weight is 284 g/mol. The summed E-state index contributed by atoms with van der Waals surface area (Å²) in [5.74, 6) is 0. The van der Waals surface area contributed by atoms with E-state index >= 15 is 0 Å². The first-order valence-corrected chi connectivity index (χ1v) is 8.76. The van der Waals surface area contributed by atoms with Crippen molar-refractivity contribution in [1.82, 2.24) is 0 Å². The largest absolute Gasteiger partial charge is 0.393 e. The Morgan fingerprint density at radius 3 is 1.65 bits per heavy atom. The third-order valence-corrected chi connectivity index (χ3v) is 3.77. The molecule has 0 aromatic heterocycles. The zero-order chi connectivity index (χ0) is 14.9. The van der Waals surface area contributed by atoms with Crippen LogP contribution in [0.2, 0.25) is 0 Å². The van der Waals surface area contributed by atoms with Gasteiger partial charge in [0.25, 0.3) is 0 Å². The standard InChI is InChI=1S/C18H36O2/c1-2-3-4-5-6-7-8-9-10-11-12-13-14-15-16-18(20)17-19/h15-16,18-20H,2-14,17H2,1H3. The quantitative estimate of drug-likeness (QED) is 0.328. The summed E-state index contributed by atoms with van der Waals surface area (Å²) in [6.45, 7) is 2.10. The second kappa shape index (κ2) is 16.7. The van der Waals surface area contributed by atoms with Crippen molar-refractivity contribution >= 4 is 0 Å². The van der Waals surface area contributed by atoms with Crippen LogP contribution in [-0.4, -0.2) is 22.9 Å². The van der Waals surface area contributed by atoms with E-state index in [1.54, 1.807) is 6.08 Å². The highest BCUT2D eigenvalue weighted by molar-refractivity contribution is 4.87. The monoisotopic (exact) mass is 284 g/mol. The van der Waals surface area contributed by atoms with Crippen LogP contribution in [0.5, 0.6) is 0 Å². The van der Waals surface area contributed by atoms with E-state index in [4.69, 9.17) is 10.2 Å². The molecule has 2 nitrogen and oxygen atoms in total. The summed E-state index contributed by atoms with van der Waals surface area (Å²) in [6.07, 6.45) is 20.5. The predicted molar refractivity (Wildman–Crippen MR) is 87.9 cm³/mol. The average Bonchev–Trinajstić information content (AvgIpc) is 2.47. The smallest absolute Gasteiger partial charge is 0.0951 e. The molecule has 0 aliphatic heterocycles. The zero-order valence-corrected chi connectivity index (χ0v) is 13.5. The Bertz CT molecular complexity index is 202. The van der Waals surface area contributed by atoms with Gasteiger partial charge < -0.3 is 10.2 Å². The summed E-state index contributed by atoms with van der Waals surface area (Å²) in [6, 6.07) is 0. The summed E-state index contributed by atoms with van der Waals surface area (Å²) >= 11 is 0. The molecule has 0 rings (SSSR count). The van der Waals surface area contributed by atoms with Gasteiger partial charge in [-0.2, -0.15) is 0 Å². The fourth-order valence-electron chi connectivity index (χ4n) is 2.42. The second-order valence-corrected chi connectivity index (χ2v) is 5.86. The number of aliphatic hydroxyl groups is 2. The molecule has 0 aromatic carbocycles. The summed E-state index contributed by atoms with van der Waals surface area (Å²) < 4.78 is 0. The molecule has 2 heteroatoms. The summed E-state index contributed by atoms with van der Waals surface area (Å²) in [4.78, 5) is 0. The normalized spacial score (nSPS) is 13.2. The summed E-state index contributed by atoms with van der Waals surface area (Å²) in [7, 11) is 0. The zero-order valence-electron chi connectivity index (χ0n) is 13.5. The van der Waals surface area contributed by atoms with Crippen molar-refractivity contribution < 1.29 is 10.2 Å². The Morgan fingerprint density at radius 1 is 0.750 bits per heavy atom. The van der Waals surface area contributed by atoms with Gasteiger partial charge in [-0.15, -0.1) is 0 Å². The lowest BCUT2D eigenvalue weighted by Crippen LogP contribution is -2.06. The van der Waals surface area contributed by atoms with Crippen LogP contribution in [0.25, 0.3) is 0 Å². The molecule has 0 aliphatic rings. The van der Waals surface area contributed by atoms with Crippen molar-refractivity contribution in [3.8, 4) is 0 Å². The van der Waals surface area contributed by atoms with Crippen molar-refractivity contribution in [3.05, 3.63) is 12.2 Å². The van der Waals surface area contributed by atoms with Gasteiger partial charge in [0, 0.05) is 0 Å². The van der Waals surface area contributed by atoms with Crippen molar-refractivity contribution in [1.29, 1.82) is 0 Å². The molecule has 1 atom stereocenters. The molecule has 0 saturated carbocycles. The third-order valence-electron chi connectivity index (χ3n) is 3.77. The molecule has 1 unspecified atom stereocenters. The Hall–Kier alpha value is -0.340. The van der Waals surface area contributed by atoms with Crippen molar-refractivity contribution in [2.45, 2.75) is 96.5 Å². The Balaban J connectivity index is 3.04. The first-order chi connectivity index (χ1) is 9.81. The Morgan fingerprint density at radius 2 is 1.20 bits per heavy atom. The lowest BCUT2D eigenvalue weighted by atomic mass is 10.0. The molecular formula is C18H36O2. The highest BCUT2D eigenvalue weighted by atomic mass is 16.3. The van der Waals surface area contributed by atoms with E-state index in [1.807, 2.05) is 6.08 Å². The molecule has 0 bridgehead atoms. The minimum atomic E-state index is -0.674. The fourth-order valence-corrected chi connectivity index (χ4v) is 2.42. The molecule has 120 valence electrons. The molecule has 0 amide bonds. The molecule has 0 aromatic rings. The summed E-state index contributed by atoms with van der Waals surface area (Å²) in [5, 5.41) is 17.7. The Kier molecular flexibility index (Phi) is 16.4. The van der Waals surface area contributed by atoms with Crippen LogP contribution in [-0.2, 0) is 0 Å². The van der Waals surface area contributed by atoms with Gasteiger partial charge in [-0.25, -0.2) is 0 Å². The van der Waals surface area contributed by atoms with Crippen LogP contribution in [0.15, 0.2) is 12.2 Å². The highest BCUT2D eigenvalue weighted by Crippen LogP contribution is 2.12. The number of aliphatic hydroxyl groups excluding tert-OH is 2. The SMILES string of the molecule is CCCCCCCCCCCCCCC=CC(O)CO. The van der Waals surface area contributed by atoms with Gasteiger partial charge in [0.2, 0.25) is 0 Å². The van der Waals surface area contributed by atoms with Gasteiger partial charge in [-0.1, -0.05) is 89.7 Å². The minimum Gasteiger partial charge on any atom is -0.393 e. The van der Waals surface area contributed by atoms with Gasteiger partial charge in [-0.05, 0) is 12.8 Å². The van der Waals surface area contributed by atoms with Crippen molar-refractivity contribution in [3.63, 3.8) is 0 Å². The Labute approximate surface area is 126 Å². The maximum absolute atomic E-state index is 9.11. The lowest BCUT2D eigenvalue weighted by Gasteiger charge is -2.02. The van der Waals surface area contributed by atoms with Crippen LogP contribution in [0, 0.1) is 0 Å². The van der Waals surface area contributed by atoms with Gasteiger partial charge in [0.05, 0.1) is 12.7 Å². The maximum atomic E-state index is 9.11. The highest BCUT2D eigenvalue weighted by Gasteiger charge is 1.94.